The zero-order chi connectivity index (χ0) is 9.14. The number of rotatable bonds is 1. The minimum atomic E-state index is -0.388. The summed E-state index contributed by atoms with van der Waals surface area (Å²) in [6.07, 6.45) is 3.48. The number of urea groups is 1. The first-order valence-electron chi connectivity index (χ1n) is 4.65. The highest BCUT2D eigenvalue weighted by Gasteiger charge is 2.25. The lowest BCUT2D eigenvalue weighted by Gasteiger charge is -2.32. The minimum Gasteiger partial charge on any atom is -0.352 e. The van der Waals surface area contributed by atoms with Gasteiger partial charge in [-0.05, 0) is 31.1 Å². The molecule has 70 valence electrons. The van der Waals surface area contributed by atoms with Gasteiger partial charge in [0.15, 0.2) is 0 Å². The third kappa shape index (κ3) is 2.40. The number of hydrogen-bond acceptors (Lipinski definition) is 1. The summed E-state index contributed by atoms with van der Waals surface area (Å²) in [6, 6.07) is -0.0832. The number of hydrogen-bond donors (Lipinski definition) is 2. The summed E-state index contributed by atoms with van der Waals surface area (Å²) < 4.78 is 0. The van der Waals surface area contributed by atoms with Crippen LogP contribution in [-0.2, 0) is 0 Å². The van der Waals surface area contributed by atoms with Crippen molar-refractivity contribution in [2.75, 3.05) is 0 Å². The maximum atomic E-state index is 10.6. The summed E-state index contributed by atoms with van der Waals surface area (Å²) in [6.45, 7) is 4.44. The number of primary amides is 1. The molecule has 1 rings (SSSR count). The molecule has 0 heterocycles. The van der Waals surface area contributed by atoms with Gasteiger partial charge in [0.05, 0.1) is 0 Å². The van der Waals surface area contributed by atoms with Gasteiger partial charge in [0.2, 0.25) is 0 Å². The lowest BCUT2D eigenvalue weighted by Crippen LogP contribution is -2.44. The lowest BCUT2D eigenvalue weighted by atomic mass is 9.80. The monoisotopic (exact) mass is 170 g/mol. The Morgan fingerprint density at radius 3 is 2.58 bits per heavy atom. The summed E-state index contributed by atoms with van der Waals surface area (Å²) in [5.41, 5.74) is 5.07. The Hall–Kier alpha value is -0.730. The van der Waals surface area contributed by atoms with E-state index in [4.69, 9.17) is 5.73 Å². The fourth-order valence-corrected chi connectivity index (χ4v) is 2.06. The lowest BCUT2D eigenvalue weighted by molar-refractivity contribution is 0.212. The highest BCUT2D eigenvalue weighted by Crippen LogP contribution is 2.28. The van der Waals surface area contributed by atoms with Crippen LogP contribution in [0.3, 0.4) is 0 Å². The van der Waals surface area contributed by atoms with Gasteiger partial charge < -0.3 is 11.1 Å². The van der Waals surface area contributed by atoms with E-state index in [1.165, 1.54) is 12.8 Å². The predicted octanol–water partition coefficient (Wildman–Crippen LogP) is 1.48. The van der Waals surface area contributed by atoms with Crippen molar-refractivity contribution < 1.29 is 4.79 Å². The van der Waals surface area contributed by atoms with E-state index < -0.39 is 0 Å². The summed E-state index contributed by atoms with van der Waals surface area (Å²) in [5.74, 6) is 1.37. The van der Waals surface area contributed by atoms with Gasteiger partial charge in [-0.2, -0.15) is 0 Å². The molecule has 1 saturated carbocycles. The molecule has 2 amide bonds. The van der Waals surface area contributed by atoms with E-state index in [0.29, 0.717) is 12.0 Å². The van der Waals surface area contributed by atoms with Crippen molar-refractivity contribution in [1.29, 1.82) is 0 Å². The summed E-state index contributed by atoms with van der Waals surface area (Å²) >= 11 is 0. The zero-order valence-electron chi connectivity index (χ0n) is 7.84. The van der Waals surface area contributed by atoms with Crippen molar-refractivity contribution in [1.82, 2.24) is 5.32 Å². The van der Waals surface area contributed by atoms with Gasteiger partial charge in [-0.1, -0.05) is 13.8 Å². The van der Waals surface area contributed by atoms with Crippen LogP contribution in [0.1, 0.15) is 33.1 Å². The van der Waals surface area contributed by atoms with E-state index >= 15 is 0 Å². The standard InChI is InChI=1S/C9H18N2O/c1-6-3-4-8(7(2)5-6)11-9(10)12/h6-8H,3-5H2,1-2H3,(H3,10,11,12). The molecule has 3 heteroatoms. The molecule has 0 aromatic heterocycles. The molecule has 1 aliphatic carbocycles. The van der Waals surface area contributed by atoms with Crippen LogP contribution in [0.2, 0.25) is 0 Å². The van der Waals surface area contributed by atoms with Crippen LogP contribution in [0.5, 0.6) is 0 Å². The summed E-state index contributed by atoms with van der Waals surface area (Å²) in [4.78, 5) is 10.6. The highest BCUT2D eigenvalue weighted by molar-refractivity contribution is 5.71. The Balaban J connectivity index is 2.39. The third-order valence-electron chi connectivity index (χ3n) is 2.76. The first-order chi connectivity index (χ1) is 5.59. The smallest absolute Gasteiger partial charge is 0.312 e. The molecule has 1 aliphatic rings. The highest BCUT2D eigenvalue weighted by atomic mass is 16.2. The third-order valence-corrected chi connectivity index (χ3v) is 2.76. The zero-order valence-corrected chi connectivity index (χ0v) is 7.84. The molecule has 0 aliphatic heterocycles. The van der Waals surface area contributed by atoms with Crippen LogP contribution in [0.15, 0.2) is 0 Å². The number of amides is 2. The van der Waals surface area contributed by atoms with E-state index in [9.17, 15) is 4.79 Å². The first-order valence-corrected chi connectivity index (χ1v) is 4.65. The van der Waals surface area contributed by atoms with Crippen molar-refractivity contribution in [3.8, 4) is 0 Å². The Morgan fingerprint density at radius 1 is 1.42 bits per heavy atom. The maximum Gasteiger partial charge on any atom is 0.312 e. The molecular weight excluding hydrogens is 152 g/mol. The molecule has 3 nitrogen and oxygen atoms in total. The summed E-state index contributed by atoms with van der Waals surface area (Å²) in [5, 5.41) is 2.79. The van der Waals surface area contributed by atoms with Crippen molar-refractivity contribution in [3.05, 3.63) is 0 Å². The second kappa shape index (κ2) is 3.78. The topological polar surface area (TPSA) is 55.1 Å². The Labute approximate surface area is 73.7 Å². The predicted molar refractivity (Wildman–Crippen MR) is 48.7 cm³/mol. The van der Waals surface area contributed by atoms with Crippen LogP contribution in [0.4, 0.5) is 4.79 Å². The van der Waals surface area contributed by atoms with Crippen LogP contribution >= 0.6 is 0 Å². The van der Waals surface area contributed by atoms with E-state index in [-0.39, 0.29) is 6.03 Å². The van der Waals surface area contributed by atoms with Gasteiger partial charge in [-0.25, -0.2) is 4.79 Å². The van der Waals surface area contributed by atoms with Gasteiger partial charge in [0.1, 0.15) is 0 Å². The fraction of sp³-hybridized carbons (Fsp3) is 0.889. The van der Waals surface area contributed by atoms with Gasteiger partial charge in [-0.15, -0.1) is 0 Å². The molecule has 3 unspecified atom stereocenters. The number of nitrogens with two attached hydrogens (primary N) is 1. The molecule has 0 radical (unpaired) electrons. The van der Waals surface area contributed by atoms with Gasteiger partial charge >= 0.3 is 6.03 Å². The van der Waals surface area contributed by atoms with Gasteiger partial charge in [0.25, 0.3) is 0 Å². The Morgan fingerprint density at radius 2 is 2.08 bits per heavy atom. The molecule has 0 aromatic rings. The van der Waals surface area contributed by atoms with Crippen molar-refractivity contribution in [3.63, 3.8) is 0 Å². The molecule has 3 N–H and O–H groups in total. The van der Waals surface area contributed by atoms with Crippen molar-refractivity contribution in [2.24, 2.45) is 17.6 Å². The molecule has 12 heavy (non-hydrogen) atoms. The molecule has 0 bridgehead atoms. The number of nitrogens with one attached hydrogen (secondary N) is 1. The molecule has 0 spiro atoms. The molecule has 1 fully saturated rings. The number of carbonyl (C=O) groups is 1. The SMILES string of the molecule is CC1CCC(NC(N)=O)C(C)C1. The Bertz CT molecular complexity index is 170. The fourth-order valence-electron chi connectivity index (χ4n) is 2.06. The minimum absolute atomic E-state index is 0.304. The molecule has 3 atom stereocenters. The summed E-state index contributed by atoms with van der Waals surface area (Å²) in [7, 11) is 0. The Kier molecular flexibility index (Phi) is 2.95. The van der Waals surface area contributed by atoms with Crippen molar-refractivity contribution in [2.45, 2.75) is 39.2 Å². The first kappa shape index (κ1) is 9.36. The van der Waals surface area contributed by atoms with Gasteiger partial charge in [-0.3, -0.25) is 0 Å². The second-order valence-electron chi connectivity index (χ2n) is 4.01. The quantitative estimate of drug-likeness (QED) is 0.615. The number of carbonyl (C=O) groups excluding carboxylic acids is 1. The van der Waals surface area contributed by atoms with Crippen LogP contribution in [-0.4, -0.2) is 12.1 Å². The van der Waals surface area contributed by atoms with Crippen LogP contribution < -0.4 is 11.1 Å². The van der Waals surface area contributed by atoms with Crippen LogP contribution in [0, 0.1) is 11.8 Å². The maximum absolute atomic E-state index is 10.6. The van der Waals surface area contributed by atoms with Gasteiger partial charge in [0, 0.05) is 6.04 Å². The second-order valence-corrected chi connectivity index (χ2v) is 4.01. The van der Waals surface area contributed by atoms with E-state index in [1.54, 1.807) is 0 Å². The molecule has 0 aromatic carbocycles. The largest absolute Gasteiger partial charge is 0.352 e. The molecular formula is C9H18N2O. The van der Waals surface area contributed by atoms with E-state index in [0.717, 1.165) is 12.3 Å². The molecule has 0 saturated heterocycles. The normalized spacial score (nSPS) is 36.0. The van der Waals surface area contributed by atoms with E-state index in [1.807, 2.05) is 0 Å². The van der Waals surface area contributed by atoms with Crippen molar-refractivity contribution >= 4 is 6.03 Å². The van der Waals surface area contributed by atoms with Crippen LogP contribution in [0.25, 0.3) is 0 Å². The average molecular weight is 170 g/mol. The van der Waals surface area contributed by atoms with E-state index in [2.05, 4.69) is 19.2 Å². The average Bonchev–Trinajstić information content (AvgIpc) is 1.94.